The van der Waals surface area contributed by atoms with Crippen molar-refractivity contribution in [3.05, 3.63) is 29.6 Å². The molecule has 0 spiro atoms. The van der Waals surface area contributed by atoms with Crippen LogP contribution in [0.1, 0.15) is 50.4 Å². The molecule has 0 radical (unpaired) electrons. The van der Waals surface area contributed by atoms with Gasteiger partial charge in [-0.05, 0) is 37.0 Å². The fourth-order valence-electron chi connectivity index (χ4n) is 3.29. The highest BCUT2D eigenvalue weighted by Crippen LogP contribution is 2.37. The maximum atomic E-state index is 6.09. The Morgan fingerprint density at radius 3 is 2.74 bits per heavy atom. The maximum absolute atomic E-state index is 6.09. The average molecular weight is 257 g/mol. The van der Waals surface area contributed by atoms with E-state index in [0.717, 1.165) is 23.3 Å². The predicted molar refractivity (Wildman–Crippen MR) is 79.3 cm³/mol. The summed E-state index contributed by atoms with van der Waals surface area (Å²) in [6.07, 6.45) is 7.28. The first-order chi connectivity index (χ1) is 9.27. The van der Waals surface area contributed by atoms with Gasteiger partial charge in [-0.25, -0.2) is 4.98 Å². The van der Waals surface area contributed by atoms with E-state index >= 15 is 0 Å². The summed E-state index contributed by atoms with van der Waals surface area (Å²) in [5.41, 5.74) is 9.76. The first kappa shape index (κ1) is 12.7. The van der Waals surface area contributed by atoms with E-state index in [4.69, 9.17) is 10.7 Å². The second-order valence-corrected chi connectivity index (χ2v) is 5.84. The topological polar surface area (TPSA) is 54.7 Å². The molecule has 19 heavy (non-hydrogen) atoms. The second kappa shape index (κ2) is 4.97. The number of nitrogens with zero attached hydrogens (tertiary/aromatic N) is 1. The molecule has 0 amide bonds. The van der Waals surface area contributed by atoms with Gasteiger partial charge in [0.05, 0.1) is 11.0 Å². The zero-order valence-electron chi connectivity index (χ0n) is 11.7. The number of nitrogens with two attached hydrogens (primary N) is 1. The van der Waals surface area contributed by atoms with E-state index in [1.807, 2.05) is 0 Å². The lowest BCUT2D eigenvalue weighted by Gasteiger charge is -2.34. The van der Waals surface area contributed by atoms with E-state index in [-0.39, 0.29) is 5.41 Å². The Bertz CT molecular complexity index is 564. The fourth-order valence-corrected chi connectivity index (χ4v) is 3.29. The minimum Gasteiger partial charge on any atom is -0.341 e. The van der Waals surface area contributed by atoms with Crippen LogP contribution < -0.4 is 5.73 Å². The largest absolute Gasteiger partial charge is 0.341 e. The van der Waals surface area contributed by atoms with Crippen LogP contribution in [0.3, 0.4) is 0 Å². The van der Waals surface area contributed by atoms with E-state index in [0.29, 0.717) is 6.54 Å². The molecular formula is C16H23N3. The molecular weight excluding hydrogens is 234 g/mol. The van der Waals surface area contributed by atoms with Crippen LogP contribution >= 0.6 is 0 Å². The monoisotopic (exact) mass is 257 g/mol. The third-order valence-electron chi connectivity index (χ3n) is 4.66. The van der Waals surface area contributed by atoms with Crippen molar-refractivity contribution in [3.63, 3.8) is 0 Å². The Morgan fingerprint density at radius 2 is 2.05 bits per heavy atom. The molecule has 1 saturated carbocycles. The minimum absolute atomic E-state index is 0.0870. The molecule has 0 bridgehead atoms. The Hall–Kier alpha value is -1.35. The van der Waals surface area contributed by atoms with Crippen LogP contribution in [-0.2, 0) is 11.8 Å². The Kier molecular flexibility index (Phi) is 3.31. The van der Waals surface area contributed by atoms with Crippen LogP contribution in [0, 0.1) is 0 Å². The van der Waals surface area contributed by atoms with Gasteiger partial charge < -0.3 is 10.7 Å². The lowest BCUT2D eigenvalue weighted by atomic mass is 9.73. The van der Waals surface area contributed by atoms with Crippen LogP contribution in [0.2, 0.25) is 0 Å². The second-order valence-electron chi connectivity index (χ2n) is 5.84. The molecule has 3 N–H and O–H groups in total. The number of imidazole rings is 1. The molecule has 0 saturated heterocycles. The van der Waals surface area contributed by atoms with Crippen molar-refractivity contribution in [1.82, 2.24) is 9.97 Å². The highest BCUT2D eigenvalue weighted by Gasteiger charge is 2.35. The number of aryl methyl sites for hydroxylation is 1. The molecule has 1 aromatic carbocycles. The molecule has 0 unspecified atom stereocenters. The van der Waals surface area contributed by atoms with Crippen molar-refractivity contribution in [2.24, 2.45) is 5.73 Å². The molecule has 0 atom stereocenters. The molecule has 1 aromatic heterocycles. The molecule has 1 heterocycles. The third-order valence-corrected chi connectivity index (χ3v) is 4.66. The van der Waals surface area contributed by atoms with Crippen molar-refractivity contribution in [2.75, 3.05) is 6.54 Å². The summed E-state index contributed by atoms with van der Waals surface area (Å²) in [5, 5.41) is 0. The van der Waals surface area contributed by atoms with Gasteiger partial charge in [-0.15, -0.1) is 0 Å². The Labute approximate surface area is 114 Å². The number of aromatic nitrogens is 2. The molecule has 1 aliphatic carbocycles. The van der Waals surface area contributed by atoms with Gasteiger partial charge in [-0.3, -0.25) is 0 Å². The van der Waals surface area contributed by atoms with Gasteiger partial charge in [0.25, 0.3) is 0 Å². The third kappa shape index (κ3) is 2.16. The molecule has 1 aliphatic rings. The first-order valence-corrected chi connectivity index (χ1v) is 7.46. The van der Waals surface area contributed by atoms with E-state index in [9.17, 15) is 0 Å². The number of nitrogens with one attached hydrogen (secondary N) is 1. The molecule has 1 fully saturated rings. The highest BCUT2D eigenvalue weighted by atomic mass is 15.0. The van der Waals surface area contributed by atoms with Gasteiger partial charge in [-0.1, -0.05) is 32.3 Å². The van der Waals surface area contributed by atoms with Gasteiger partial charge in [-0.2, -0.15) is 0 Å². The quantitative estimate of drug-likeness (QED) is 0.886. The van der Waals surface area contributed by atoms with Crippen LogP contribution in [-0.4, -0.2) is 16.5 Å². The van der Waals surface area contributed by atoms with Gasteiger partial charge in [0.15, 0.2) is 0 Å². The predicted octanol–water partition coefficient (Wildman–Crippen LogP) is 3.29. The van der Waals surface area contributed by atoms with Crippen molar-refractivity contribution in [2.45, 2.75) is 50.9 Å². The number of aromatic amines is 1. The number of fused-ring (bicyclic) bond motifs is 1. The number of benzene rings is 1. The minimum atomic E-state index is 0.0870. The fraction of sp³-hybridized carbons (Fsp3) is 0.562. The smallest absolute Gasteiger partial charge is 0.114 e. The zero-order chi connectivity index (χ0) is 13.3. The number of H-pyrrole nitrogens is 1. The summed E-state index contributed by atoms with van der Waals surface area (Å²) in [7, 11) is 0. The number of hydrogen-bond donors (Lipinski definition) is 2. The molecule has 3 heteroatoms. The van der Waals surface area contributed by atoms with Crippen LogP contribution in [0.4, 0.5) is 0 Å². The summed E-state index contributed by atoms with van der Waals surface area (Å²) < 4.78 is 0. The van der Waals surface area contributed by atoms with Crippen molar-refractivity contribution >= 4 is 11.0 Å². The maximum Gasteiger partial charge on any atom is 0.114 e. The normalized spacial score (nSPS) is 18.8. The van der Waals surface area contributed by atoms with E-state index < -0.39 is 0 Å². The zero-order valence-corrected chi connectivity index (χ0v) is 11.7. The molecule has 0 aliphatic heterocycles. The average Bonchev–Trinajstić information content (AvgIpc) is 2.91. The summed E-state index contributed by atoms with van der Waals surface area (Å²) in [6.45, 7) is 2.88. The van der Waals surface area contributed by atoms with Crippen LogP contribution in [0.25, 0.3) is 11.0 Å². The lowest BCUT2D eigenvalue weighted by molar-refractivity contribution is 0.288. The van der Waals surface area contributed by atoms with E-state index in [1.165, 1.54) is 37.7 Å². The number of hydrogen-bond acceptors (Lipinski definition) is 2. The molecule has 3 nitrogen and oxygen atoms in total. The standard InChI is InChI=1S/C16H23N3/c1-2-12-6-7-13-14(10-12)19-15(18-13)16(11-17)8-4-3-5-9-16/h6-7,10H,2-5,8-9,11,17H2,1H3,(H,18,19). The van der Waals surface area contributed by atoms with Crippen LogP contribution in [0.5, 0.6) is 0 Å². The van der Waals surface area contributed by atoms with Crippen molar-refractivity contribution in [3.8, 4) is 0 Å². The first-order valence-electron chi connectivity index (χ1n) is 7.46. The summed E-state index contributed by atoms with van der Waals surface area (Å²) in [6, 6.07) is 6.52. The van der Waals surface area contributed by atoms with E-state index in [2.05, 4.69) is 30.1 Å². The Morgan fingerprint density at radius 1 is 1.26 bits per heavy atom. The summed E-state index contributed by atoms with van der Waals surface area (Å²) in [5.74, 6) is 1.11. The summed E-state index contributed by atoms with van der Waals surface area (Å²) >= 11 is 0. The van der Waals surface area contributed by atoms with Gasteiger partial charge in [0, 0.05) is 12.0 Å². The molecule has 2 aromatic rings. The number of rotatable bonds is 3. The van der Waals surface area contributed by atoms with Gasteiger partial charge in [0.2, 0.25) is 0 Å². The van der Waals surface area contributed by atoms with Crippen molar-refractivity contribution < 1.29 is 0 Å². The summed E-state index contributed by atoms with van der Waals surface area (Å²) in [4.78, 5) is 8.36. The lowest BCUT2D eigenvalue weighted by Crippen LogP contribution is -2.38. The van der Waals surface area contributed by atoms with Crippen molar-refractivity contribution in [1.29, 1.82) is 0 Å². The molecule has 3 rings (SSSR count). The molecule has 102 valence electrons. The SMILES string of the molecule is CCc1ccc2nc(C3(CN)CCCCC3)[nH]c2c1. The Balaban J connectivity index is 2.03. The van der Waals surface area contributed by atoms with Crippen LogP contribution in [0.15, 0.2) is 18.2 Å². The highest BCUT2D eigenvalue weighted by molar-refractivity contribution is 5.76. The van der Waals surface area contributed by atoms with Gasteiger partial charge in [0.1, 0.15) is 5.82 Å². The van der Waals surface area contributed by atoms with E-state index in [1.54, 1.807) is 0 Å². The van der Waals surface area contributed by atoms with Gasteiger partial charge >= 0.3 is 0 Å².